The predicted molar refractivity (Wildman–Crippen MR) is 65.8 cm³/mol. The number of carboxylic acid groups (broad SMARTS) is 1. The fraction of sp³-hybridized carbons (Fsp3) is 0.833. The summed E-state index contributed by atoms with van der Waals surface area (Å²) in [5.74, 6) is -1.06. The van der Waals surface area contributed by atoms with Crippen LogP contribution in [0.2, 0.25) is 0 Å². The third-order valence-corrected chi connectivity index (χ3v) is 3.58. The normalized spacial score (nSPS) is 26.5. The number of nitrogens with zero attached hydrogens (tertiary/aromatic N) is 2. The van der Waals surface area contributed by atoms with E-state index in [0.717, 1.165) is 12.8 Å². The molecule has 2 rings (SSSR count). The molecule has 0 radical (unpaired) electrons. The number of β-amino-alcohol motifs (C(OH)–C–C–N with tert-alkyl or cyclic N) is 1. The fourth-order valence-corrected chi connectivity index (χ4v) is 2.43. The highest BCUT2D eigenvalue weighted by Crippen LogP contribution is 2.29. The van der Waals surface area contributed by atoms with Crippen LogP contribution in [0.5, 0.6) is 0 Å². The van der Waals surface area contributed by atoms with Crippen LogP contribution in [0.25, 0.3) is 0 Å². The molecule has 7 heteroatoms. The van der Waals surface area contributed by atoms with Gasteiger partial charge in [0, 0.05) is 32.7 Å². The van der Waals surface area contributed by atoms with Crippen LogP contribution in [0.4, 0.5) is 4.79 Å². The summed E-state index contributed by atoms with van der Waals surface area (Å²) in [5.41, 5.74) is 0. The van der Waals surface area contributed by atoms with Crippen molar-refractivity contribution in [3.05, 3.63) is 0 Å². The van der Waals surface area contributed by atoms with E-state index in [2.05, 4.69) is 0 Å². The second-order valence-electron chi connectivity index (χ2n) is 5.10. The van der Waals surface area contributed by atoms with Gasteiger partial charge in [0.05, 0.1) is 12.7 Å². The molecule has 2 amide bonds. The van der Waals surface area contributed by atoms with Crippen molar-refractivity contribution in [3.8, 4) is 0 Å². The van der Waals surface area contributed by atoms with Gasteiger partial charge in [0.25, 0.3) is 0 Å². The zero-order valence-electron chi connectivity index (χ0n) is 11.0. The molecular formula is C12H20N2O5. The van der Waals surface area contributed by atoms with Crippen LogP contribution >= 0.6 is 0 Å². The number of likely N-dealkylation sites (tertiary alicyclic amines) is 1. The molecule has 108 valence electrons. The Kier molecular flexibility index (Phi) is 4.26. The van der Waals surface area contributed by atoms with Crippen LogP contribution in [0.3, 0.4) is 0 Å². The molecule has 1 saturated carbocycles. The van der Waals surface area contributed by atoms with Crippen molar-refractivity contribution in [3.63, 3.8) is 0 Å². The number of methoxy groups -OCH3 is 1. The molecule has 0 aromatic carbocycles. The molecule has 0 aromatic rings. The van der Waals surface area contributed by atoms with E-state index in [0.29, 0.717) is 13.2 Å². The summed E-state index contributed by atoms with van der Waals surface area (Å²) in [6, 6.07) is -1.04. The number of urea groups is 1. The van der Waals surface area contributed by atoms with Crippen molar-refractivity contribution < 1.29 is 24.5 Å². The van der Waals surface area contributed by atoms with E-state index in [1.165, 1.54) is 4.90 Å². The van der Waals surface area contributed by atoms with Gasteiger partial charge in [-0.1, -0.05) is 0 Å². The van der Waals surface area contributed by atoms with Gasteiger partial charge in [-0.05, 0) is 12.8 Å². The van der Waals surface area contributed by atoms with Crippen molar-refractivity contribution in [1.29, 1.82) is 0 Å². The Labute approximate surface area is 111 Å². The molecule has 2 N–H and O–H groups in total. The van der Waals surface area contributed by atoms with E-state index in [-0.39, 0.29) is 25.0 Å². The number of aliphatic carboxylic acids is 1. The molecule has 0 spiro atoms. The zero-order chi connectivity index (χ0) is 14.0. The van der Waals surface area contributed by atoms with Crippen LogP contribution < -0.4 is 0 Å². The van der Waals surface area contributed by atoms with Gasteiger partial charge in [-0.15, -0.1) is 0 Å². The van der Waals surface area contributed by atoms with Gasteiger partial charge in [-0.25, -0.2) is 9.59 Å². The number of carbonyl (C=O) groups is 2. The first kappa shape index (κ1) is 14.1. The minimum atomic E-state index is -1.06. The number of hydrogen-bond acceptors (Lipinski definition) is 4. The summed E-state index contributed by atoms with van der Waals surface area (Å²) in [4.78, 5) is 26.5. The lowest BCUT2D eigenvalue weighted by Crippen LogP contribution is -2.49. The van der Waals surface area contributed by atoms with Crippen molar-refractivity contribution in [2.75, 3.05) is 26.8 Å². The van der Waals surface area contributed by atoms with E-state index >= 15 is 0 Å². The van der Waals surface area contributed by atoms with E-state index < -0.39 is 18.1 Å². The number of aliphatic hydroxyl groups excluding tert-OH is 1. The van der Waals surface area contributed by atoms with E-state index in [1.54, 1.807) is 12.0 Å². The van der Waals surface area contributed by atoms with Crippen LogP contribution in [0, 0.1) is 0 Å². The van der Waals surface area contributed by atoms with Crippen molar-refractivity contribution in [2.24, 2.45) is 0 Å². The lowest BCUT2D eigenvalue weighted by atomic mass is 10.2. The van der Waals surface area contributed by atoms with E-state index in [4.69, 9.17) is 9.84 Å². The maximum Gasteiger partial charge on any atom is 0.326 e. The molecule has 1 aliphatic carbocycles. The monoisotopic (exact) mass is 272 g/mol. The first-order valence-corrected chi connectivity index (χ1v) is 6.51. The number of rotatable bonds is 5. The number of hydrogen-bond donors (Lipinski definition) is 2. The third kappa shape index (κ3) is 3.16. The molecule has 2 atom stereocenters. The van der Waals surface area contributed by atoms with Gasteiger partial charge in [-0.2, -0.15) is 0 Å². The Morgan fingerprint density at radius 3 is 2.63 bits per heavy atom. The first-order chi connectivity index (χ1) is 9.04. The van der Waals surface area contributed by atoms with Gasteiger partial charge in [-0.3, -0.25) is 0 Å². The summed E-state index contributed by atoms with van der Waals surface area (Å²) in [6.07, 6.45) is 1.24. The molecule has 0 unspecified atom stereocenters. The van der Waals surface area contributed by atoms with Gasteiger partial charge in [0.2, 0.25) is 0 Å². The summed E-state index contributed by atoms with van der Waals surface area (Å²) >= 11 is 0. The number of aliphatic hydroxyl groups is 1. The molecule has 2 fully saturated rings. The molecule has 1 heterocycles. The standard InChI is InChI=1S/C12H20N2O5/c1-19-5-4-13(8-2-3-8)12(18)14-7-9(15)6-10(14)11(16)17/h8-10,15H,2-7H2,1H3,(H,16,17)/t9-,10-/m1/s1. The Bertz CT molecular complexity index is 358. The SMILES string of the molecule is COCCN(C(=O)N1C[C@H](O)C[C@@H]1C(=O)O)C1CC1. The molecule has 1 saturated heterocycles. The predicted octanol–water partition coefficient (Wildman–Crippen LogP) is -0.263. The highest BCUT2D eigenvalue weighted by molar-refractivity contribution is 5.83. The third-order valence-electron chi connectivity index (χ3n) is 3.58. The van der Waals surface area contributed by atoms with Crippen molar-refractivity contribution in [1.82, 2.24) is 9.80 Å². The molecule has 0 bridgehead atoms. The quantitative estimate of drug-likeness (QED) is 0.719. The summed E-state index contributed by atoms with van der Waals surface area (Å²) in [6.45, 7) is 0.974. The second-order valence-corrected chi connectivity index (χ2v) is 5.10. The topological polar surface area (TPSA) is 90.3 Å². The fourth-order valence-electron chi connectivity index (χ4n) is 2.43. The highest BCUT2D eigenvalue weighted by atomic mass is 16.5. The maximum atomic E-state index is 12.4. The summed E-state index contributed by atoms with van der Waals surface area (Å²) < 4.78 is 4.98. The maximum absolute atomic E-state index is 12.4. The van der Waals surface area contributed by atoms with E-state index in [9.17, 15) is 14.7 Å². The van der Waals surface area contributed by atoms with Crippen LogP contribution in [-0.4, -0.2) is 77.0 Å². The molecule has 1 aliphatic heterocycles. The minimum Gasteiger partial charge on any atom is -0.480 e. The second kappa shape index (κ2) is 5.75. The number of amides is 2. The molecule has 0 aromatic heterocycles. The number of ether oxygens (including phenoxy) is 1. The minimum absolute atomic E-state index is 0.0893. The highest BCUT2D eigenvalue weighted by Gasteiger charge is 2.43. The average molecular weight is 272 g/mol. The largest absolute Gasteiger partial charge is 0.480 e. The smallest absolute Gasteiger partial charge is 0.326 e. The number of carbonyl (C=O) groups excluding carboxylic acids is 1. The van der Waals surface area contributed by atoms with Gasteiger partial charge >= 0.3 is 12.0 Å². The molecular weight excluding hydrogens is 252 g/mol. The zero-order valence-corrected chi connectivity index (χ0v) is 11.0. The first-order valence-electron chi connectivity index (χ1n) is 6.51. The molecule has 19 heavy (non-hydrogen) atoms. The average Bonchev–Trinajstić information content (AvgIpc) is 3.11. The van der Waals surface area contributed by atoms with Crippen molar-refractivity contribution in [2.45, 2.75) is 37.5 Å². The molecule has 2 aliphatic rings. The van der Waals surface area contributed by atoms with Crippen molar-refractivity contribution >= 4 is 12.0 Å². The van der Waals surface area contributed by atoms with Gasteiger partial charge < -0.3 is 24.7 Å². The van der Waals surface area contributed by atoms with Gasteiger partial charge in [0.15, 0.2) is 0 Å². The Hall–Kier alpha value is -1.34. The summed E-state index contributed by atoms with van der Waals surface area (Å²) in [7, 11) is 1.56. The molecule has 7 nitrogen and oxygen atoms in total. The van der Waals surface area contributed by atoms with E-state index in [1.807, 2.05) is 0 Å². The summed E-state index contributed by atoms with van der Waals surface area (Å²) in [5, 5.41) is 18.7. The lowest BCUT2D eigenvalue weighted by Gasteiger charge is -2.30. The number of carboxylic acids is 1. The van der Waals surface area contributed by atoms with Crippen LogP contribution in [0.15, 0.2) is 0 Å². The Balaban J connectivity index is 2.05. The lowest BCUT2D eigenvalue weighted by molar-refractivity contribution is -0.141. The van der Waals surface area contributed by atoms with Gasteiger partial charge in [0.1, 0.15) is 6.04 Å². The van der Waals surface area contributed by atoms with Crippen LogP contribution in [0.1, 0.15) is 19.3 Å². The Morgan fingerprint density at radius 2 is 2.11 bits per heavy atom. The van der Waals surface area contributed by atoms with Crippen LogP contribution in [-0.2, 0) is 9.53 Å². The Morgan fingerprint density at radius 1 is 1.42 bits per heavy atom.